The standard InChI is InChI=1S/C20H24ClN3O4S/c1-15-2-5-17(6-3-15)29(26,27)23-16-4-7-19(21)18(14-16)20(25)22-8-9-24-10-12-28-13-11-24/h2-7,14,23H,8-13H2,1H3,(H,22,25). The Bertz CT molecular complexity index is 958. The highest BCUT2D eigenvalue weighted by Gasteiger charge is 2.17. The van der Waals surface area contributed by atoms with Crippen LogP contribution in [0.15, 0.2) is 47.4 Å². The Balaban J connectivity index is 1.65. The molecule has 0 aromatic heterocycles. The first kappa shape index (κ1) is 21.6. The summed E-state index contributed by atoms with van der Waals surface area (Å²) < 4.78 is 32.9. The molecule has 0 bridgehead atoms. The van der Waals surface area contributed by atoms with Crippen LogP contribution < -0.4 is 10.0 Å². The zero-order valence-electron chi connectivity index (χ0n) is 16.2. The molecular weight excluding hydrogens is 414 g/mol. The van der Waals surface area contributed by atoms with Crippen molar-refractivity contribution in [1.82, 2.24) is 10.2 Å². The molecule has 2 aromatic carbocycles. The molecule has 9 heteroatoms. The predicted molar refractivity (Wildman–Crippen MR) is 113 cm³/mol. The van der Waals surface area contributed by atoms with Crippen LogP contribution >= 0.6 is 11.6 Å². The van der Waals surface area contributed by atoms with Crippen molar-refractivity contribution in [2.75, 3.05) is 44.1 Å². The lowest BCUT2D eigenvalue weighted by molar-refractivity contribution is 0.0383. The molecular formula is C20H24ClN3O4S. The van der Waals surface area contributed by atoms with Gasteiger partial charge in [0.25, 0.3) is 15.9 Å². The van der Waals surface area contributed by atoms with E-state index in [9.17, 15) is 13.2 Å². The minimum atomic E-state index is -3.76. The highest BCUT2D eigenvalue weighted by Crippen LogP contribution is 2.23. The number of nitrogens with one attached hydrogen (secondary N) is 2. The molecule has 1 aliphatic heterocycles. The van der Waals surface area contributed by atoms with Gasteiger partial charge in [0.1, 0.15) is 0 Å². The number of ether oxygens (including phenoxy) is 1. The van der Waals surface area contributed by atoms with Crippen LogP contribution in [0.1, 0.15) is 15.9 Å². The van der Waals surface area contributed by atoms with Gasteiger partial charge in [-0.2, -0.15) is 0 Å². The SMILES string of the molecule is Cc1ccc(S(=O)(=O)Nc2ccc(Cl)c(C(=O)NCCN3CCOCC3)c2)cc1. The number of hydrogen-bond acceptors (Lipinski definition) is 5. The predicted octanol–water partition coefficient (Wildman–Crippen LogP) is 2.51. The zero-order valence-corrected chi connectivity index (χ0v) is 17.7. The summed E-state index contributed by atoms with van der Waals surface area (Å²) >= 11 is 6.16. The van der Waals surface area contributed by atoms with Crippen LogP contribution in [0, 0.1) is 6.92 Å². The van der Waals surface area contributed by atoms with E-state index in [4.69, 9.17) is 16.3 Å². The fourth-order valence-corrected chi connectivity index (χ4v) is 4.19. The molecule has 3 rings (SSSR count). The monoisotopic (exact) mass is 437 g/mol. The van der Waals surface area contributed by atoms with E-state index in [-0.39, 0.29) is 27.1 Å². The molecule has 0 radical (unpaired) electrons. The van der Waals surface area contributed by atoms with Gasteiger partial charge in [0.2, 0.25) is 0 Å². The lowest BCUT2D eigenvalue weighted by Gasteiger charge is -2.26. The Morgan fingerprint density at radius 3 is 2.52 bits per heavy atom. The summed E-state index contributed by atoms with van der Waals surface area (Å²) in [7, 11) is -3.76. The number of hydrogen-bond donors (Lipinski definition) is 2. The number of sulfonamides is 1. The third kappa shape index (κ3) is 5.93. The first-order valence-corrected chi connectivity index (χ1v) is 11.2. The Morgan fingerprint density at radius 2 is 1.83 bits per heavy atom. The minimum absolute atomic E-state index is 0.148. The van der Waals surface area contributed by atoms with Gasteiger partial charge in [-0.05, 0) is 37.3 Å². The van der Waals surface area contributed by atoms with Crippen LogP contribution in [0.4, 0.5) is 5.69 Å². The fourth-order valence-electron chi connectivity index (χ4n) is 2.94. The lowest BCUT2D eigenvalue weighted by Crippen LogP contribution is -2.41. The summed E-state index contributed by atoms with van der Waals surface area (Å²) in [5.41, 5.74) is 1.46. The van der Waals surface area contributed by atoms with Crippen molar-refractivity contribution in [3.8, 4) is 0 Å². The molecule has 0 aliphatic carbocycles. The Kier molecular flexibility index (Phi) is 7.13. The van der Waals surface area contributed by atoms with Crippen molar-refractivity contribution in [3.05, 3.63) is 58.6 Å². The van der Waals surface area contributed by atoms with Crippen molar-refractivity contribution < 1.29 is 17.9 Å². The molecule has 0 unspecified atom stereocenters. The van der Waals surface area contributed by atoms with Gasteiger partial charge in [-0.1, -0.05) is 29.3 Å². The average molecular weight is 438 g/mol. The maximum Gasteiger partial charge on any atom is 0.261 e. The van der Waals surface area contributed by atoms with E-state index >= 15 is 0 Å². The van der Waals surface area contributed by atoms with Gasteiger partial charge in [0, 0.05) is 31.9 Å². The molecule has 1 amide bonds. The smallest absolute Gasteiger partial charge is 0.261 e. The van der Waals surface area contributed by atoms with Gasteiger partial charge in [-0.15, -0.1) is 0 Å². The highest BCUT2D eigenvalue weighted by molar-refractivity contribution is 7.92. The quantitative estimate of drug-likeness (QED) is 0.694. The van der Waals surface area contributed by atoms with E-state index in [1.54, 1.807) is 12.1 Å². The number of anilines is 1. The van der Waals surface area contributed by atoms with E-state index in [0.29, 0.717) is 26.3 Å². The summed E-state index contributed by atoms with van der Waals surface area (Å²) in [5.74, 6) is -0.348. The molecule has 156 valence electrons. The molecule has 0 saturated carbocycles. The topological polar surface area (TPSA) is 87.7 Å². The van der Waals surface area contributed by atoms with Gasteiger partial charge < -0.3 is 10.1 Å². The third-order valence-corrected chi connectivity index (χ3v) is 6.34. The average Bonchev–Trinajstić information content (AvgIpc) is 2.70. The maximum absolute atomic E-state index is 12.6. The normalized spacial score (nSPS) is 15.1. The van der Waals surface area contributed by atoms with E-state index < -0.39 is 10.0 Å². The van der Waals surface area contributed by atoms with E-state index in [1.807, 2.05) is 6.92 Å². The summed E-state index contributed by atoms with van der Waals surface area (Å²) in [5, 5.41) is 3.09. The second kappa shape index (κ2) is 9.58. The van der Waals surface area contributed by atoms with Crippen molar-refractivity contribution in [2.24, 2.45) is 0 Å². The summed E-state index contributed by atoms with van der Waals surface area (Å²) in [4.78, 5) is 14.9. The van der Waals surface area contributed by atoms with E-state index in [0.717, 1.165) is 18.7 Å². The van der Waals surface area contributed by atoms with Gasteiger partial charge in [-0.3, -0.25) is 14.4 Å². The molecule has 7 nitrogen and oxygen atoms in total. The molecule has 1 aliphatic rings. The molecule has 1 fully saturated rings. The van der Waals surface area contributed by atoms with Crippen LogP contribution in [-0.4, -0.2) is 58.6 Å². The van der Waals surface area contributed by atoms with Crippen LogP contribution in [0.3, 0.4) is 0 Å². The van der Waals surface area contributed by atoms with Gasteiger partial charge >= 0.3 is 0 Å². The molecule has 0 atom stereocenters. The summed E-state index contributed by atoms with van der Waals surface area (Å²) in [6.07, 6.45) is 0. The molecule has 2 aromatic rings. The second-order valence-electron chi connectivity index (χ2n) is 6.82. The number of carbonyl (C=O) groups is 1. The molecule has 0 spiro atoms. The third-order valence-electron chi connectivity index (χ3n) is 4.61. The van der Waals surface area contributed by atoms with Crippen LogP contribution in [0.2, 0.25) is 5.02 Å². The number of amides is 1. The molecule has 2 N–H and O–H groups in total. The fraction of sp³-hybridized carbons (Fsp3) is 0.350. The number of benzene rings is 2. The Morgan fingerprint density at radius 1 is 1.14 bits per heavy atom. The number of rotatable bonds is 7. The van der Waals surface area contributed by atoms with Crippen LogP contribution in [0.5, 0.6) is 0 Å². The summed E-state index contributed by atoms with van der Waals surface area (Å²) in [6.45, 7) is 6.14. The molecule has 1 saturated heterocycles. The zero-order chi connectivity index (χ0) is 20.9. The van der Waals surface area contributed by atoms with Crippen molar-refractivity contribution >= 4 is 33.2 Å². The van der Waals surface area contributed by atoms with Gasteiger partial charge in [0.05, 0.1) is 28.7 Å². The number of morpholine rings is 1. The number of nitrogens with zero attached hydrogens (tertiary/aromatic N) is 1. The Hall–Kier alpha value is -2.13. The van der Waals surface area contributed by atoms with Gasteiger partial charge in [0.15, 0.2) is 0 Å². The van der Waals surface area contributed by atoms with Crippen molar-refractivity contribution in [3.63, 3.8) is 0 Å². The maximum atomic E-state index is 12.6. The van der Waals surface area contributed by atoms with Crippen molar-refractivity contribution in [2.45, 2.75) is 11.8 Å². The number of halogens is 1. The van der Waals surface area contributed by atoms with Crippen molar-refractivity contribution in [1.29, 1.82) is 0 Å². The second-order valence-corrected chi connectivity index (χ2v) is 8.91. The lowest BCUT2D eigenvalue weighted by atomic mass is 10.2. The minimum Gasteiger partial charge on any atom is -0.379 e. The number of carbonyl (C=O) groups excluding carboxylic acids is 1. The summed E-state index contributed by atoms with van der Waals surface area (Å²) in [6, 6.07) is 11.0. The van der Waals surface area contributed by atoms with Gasteiger partial charge in [-0.25, -0.2) is 8.42 Å². The number of aryl methyl sites for hydroxylation is 1. The van der Waals surface area contributed by atoms with E-state index in [2.05, 4.69) is 14.9 Å². The highest BCUT2D eigenvalue weighted by atomic mass is 35.5. The van der Waals surface area contributed by atoms with E-state index in [1.165, 1.54) is 30.3 Å². The molecule has 29 heavy (non-hydrogen) atoms. The first-order valence-electron chi connectivity index (χ1n) is 9.32. The first-order chi connectivity index (χ1) is 13.8. The van der Waals surface area contributed by atoms with Crippen LogP contribution in [-0.2, 0) is 14.8 Å². The largest absolute Gasteiger partial charge is 0.379 e. The Labute approximate surface area is 176 Å². The van der Waals surface area contributed by atoms with Crippen LogP contribution in [0.25, 0.3) is 0 Å². The molecule has 1 heterocycles.